The van der Waals surface area contributed by atoms with Crippen LogP contribution in [-0.2, 0) is 11.4 Å². The molecule has 0 fully saturated rings. The highest BCUT2D eigenvalue weighted by Gasteiger charge is 2.19. The van der Waals surface area contributed by atoms with Crippen molar-refractivity contribution in [2.75, 3.05) is 42.8 Å². The Hall–Kier alpha value is -3.43. The Morgan fingerprint density at radius 3 is 2.41 bits per heavy atom. The molecule has 0 radical (unpaired) electrons. The molecule has 0 aliphatic heterocycles. The molecule has 8 nitrogen and oxygen atoms in total. The minimum absolute atomic E-state index is 0. The first-order valence-electron chi connectivity index (χ1n) is 12.2. The highest BCUT2D eigenvalue weighted by atomic mass is 35.5. The molecule has 41 heavy (non-hydrogen) atoms. The van der Waals surface area contributed by atoms with E-state index in [9.17, 15) is 9.59 Å². The van der Waals surface area contributed by atoms with Gasteiger partial charge in [-0.3, -0.25) is 4.79 Å². The molecule has 0 bridgehead atoms. The molecule has 2 N–H and O–H groups in total. The summed E-state index contributed by atoms with van der Waals surface area (Å²) in [6, 6.07) is 19.8. The number of halogens is 4. The van der Waals surface area contributed by atoms with E-state index in [1.807, 2.05) is 74.4 Å². The average molecular weight is 639 g/mol. The summed E-state index contributed by atoms with van der Waals surface area (Å²) in [4.78, 5) is 33.2. The number of likely N-dealkylation sites (N-methyl/N-ethyl adjacent to an activating group) is 1. The van der Waals surface area contributed by atoms with Crippen molar-refractivity contribution in [2.45, 2.75) is 13.5 Å². The van der Waals surface area contributed by atoms with Crippen LogP contribution >= 0.6 is 48.0 Å². The van der Waals surface area contributed by atoms with Crippen LogP contribution in [0.3, 0.4) is 0 Å². The van der Waals surface area contributed by atoms with E-state index in [0.717, 1.165) is 22.3 Å². The van der Waals surface area contributed by atoms with Crippen LogP contribution < -0.4 is 25.2 Å². The van der Waals surface area contributed by atoms with Crippen molar-refractivity contribution in [3.8, 4) is 5.75 Å². The zero-order valence-electron chi connectivity index (χ0n) is 22.9. The van der Waals surface area contributed by atoms with Crippen molar-refractivity contribution >= 4 is 87.9 Å². The van der Waals surface area contributed by atoms with Gasteiger partial charge in [0.2, 0.25) is 5.91 Å². The number of anilines is 3. The number of fused-ring (bicyclic) bond motifs is 1. The maximum absolute atomic E-state index is 12.9. The van der Waals surface area contributed by atoms with Gasteiger partial charge in [-0.2, -0.15) is 0 Å². The average Bonchev–Trinajstić information content (AvgIpc) is 2.91. The fraction of sp³-hybridized carbons (Fsp3) is 0.207. The molecule has 12 heteroatoms. The molecule has 0 aliphatic rings. The van der Waals surface area contributed by atoms with E-state index in [2.05, 4.69) is 15.6 Å². The summed E-state index contributed by atoms with van der Waals surface area (Å²) in [5.74, 6) is 0.238. The molecule has 0 aliphatic carbocycles. The Morgan fingerprint density at radius 1 is 0.951 bits per heavy atom. The van der Waals surface area contributed by atoms with E-state index < -0.39 is 6.03 Å². The van der Waals surface area contributed by atoms with E-state index >= 15 is 0 Å². The van der Waals surface area contributed by atoms with Gasteiger partial charge in [-0.1, -0.05) is 47.5 Å². The van der Waals surface area contributed by atoms with Crippen molar-refractivity contribution in [2.24, 2.45) is 0 Å². The molecule has 1 aromatic heterocycles. The van der Waals surface area contributed by atoms with E-state index in [0.29, 0.717) is 27.7 Å². The maximum Gasteiger partial charge on any atom is 0.319 e. The Morgan fingerprint density at radius 2 is 1.68 bits per heavy atom. The fourth-order valence-corrected chi connectivity index (χ4v) is 4.51. The number of pyridine rings is 1. The minimum Gasteiger partial charge on any atom is -0.487 e. The van der Waals surface area contributed by atoms with Gasteiger partial charge in [0.15, 0.2) is 0 Å². The molecular weight excluding hydrogens is 608 g/mol. The van der Waals surface area contributed by atoms with Crippen LogP contribution in [0.15, 0.2) is 66.7 Å². The highest BCUT2D eigenvalue weighted by molar-refractivity contribution is 6.38. The van der Waals surface area contributed by atoms with E-state index in [1.54, 1.807) is 25.2 Å². The van der Waals surface area contributed by atoms with Crippen molar-refractivity contribution in [3.05, 3.63) is 88.0 Å². The number of amides is 3. The molecule has 218 valence electrons. The monoisotopic (exact) mass is 637 g/mol. The fourth-order valence-electron chi connectivity index (χ4n) is 3.91. The van der Waals surface area contributed by atoms with Crippen molar-refractivity contribution in [3.63, 3.8) is 0 Å². The second kappa shape index (κ2) is 15.0. The minimum atomic E-state index is -0.497. The SMILES string of the molecule is Cc1ccc2cccc(OCc3c(Cl)ccc(N(C)C(=O)CNC(=O)Nc4cccc(N(C)C)c4)c3Cl)c2n1.Cl.Cl. The predicted molar refractivity (Wildman–Crippen MR) is 173 cm³/mol. The van der Waals surface area contributed by atoms with E-state index in [-0.39, 0.29) is 48.9 Å². The molecule has 0 saturated heterocycles. The quantitative estimate of drug-likeness (QED) is 0.215. The molecule has 3 aromatic carbocycles. The summed E-state index contributed by atoms with van der Waals surface area (Å²) in [5, 5.41) is 6.97. The van der Waals surface area contributed by atoms with Crippen molar-refractivity contribution < 1.29 is 14.3 Å². The Kier molecular flexibility index (Phi) is 12.3. The number of urea groups is 1. The number of rotatable bonds is 8. The van der Waals surface area contributed by atoms with Gasteiger partial charge in [-0.15, -0.1) is 24.8 Å². The van der Waals surface area contributed by atoms with Crippen LogP contribution in [0.5, 0.6) is 5.75 Å². The van der Waals surface area contributed by atoms with Crippen LogP contribution in [0, 0.1) is 6.92 Å². The number of nitrogens with one attached hydrogen (secondary N) is 2. The maximum atomic E-state index is 12.9. The van der Waals surface area contributed by atoms with Gasteiger partial charge in [0.1, 0.15) is 17.9 Å². The number of carbonyl (C=O) groups is 2. The van der Waals surface area contributed by atoms with Crippen LogP contribution in [0.4, 0.5) is 21.9 Å². The van der Waals surface area contributed by atoms with E-state index in [4.69, 9.17) is 27.9 Å². The van der Waals surface area contributed by atoms with Gasteiger partial charge >= 0.3 is 6.03 Å². The lowest BCUT2D eigenvalue weighted by molar-refractivity contribution is -0.117. The Labute approximate surface area is 261 Å². The lowest BCUT2D eigenvalue weighted by Gasteiger charge is -2.21. The van der Waals surface area contributed by atoms with Crippen LogP contribution in [0.25, 0.3) is 10.9 Å². The van der Waals surface area contributed by atoms with Crippen molar-refractivity contribution in [1.29, 1.82) is 0 Å². The predicted octanol–water partition coefficient (Wildman–Crippen LogP) is 7.12. The van der Waals surface area contributed by atoms with E-state index in [1.165, 1.54) is 4.90 Å². The number of hydrogen-bond acceptors (Lipinski definition) is 5. The first-order valence-corrected chi connectivity index (χ1v) is 12.9. The molecule has 0 unspecified atom stereocenters. The number of para-hydroxylation sites is 1. The number of aryl methyl sites for hydroxylation is 1. The van der Waals surface area contributed by atoms with Gasteiger partial charge in [0.05, 0.1) is 17.3 Å². The van der Waals surface area contributed by atoms with Gasteiger partial charge in [-0.25, -0.2) is 9.78 Å². The summed E-state index contributed by atoms with van der Waals surface area (Å²) in [7, 11) is 5.41. The summed E-state index contributed by atoms with van der Waals surface area (Å²) >= 11 is 13.1. The normalized spacial score (nSPS) is 10.2. The third-order valence-electron chi connectivity index (χ3n) is 6.12. The zero-order valence-corrected chi connectivity index (χ0v) is 26.0. The molecule has 0 saturated carbocycles. The summed E-state index contributed by atoms with van der Waals surface area (Å²) < 4.78 is 6.07. The van der Waals surface area contributed by atoms with Crippen molar-refractivity contribution in [1.82, 2.24) is 10.3 Å². The third-order valence-corrected chi connectivity index (χ3v) is 6.89. The van der Waals surface area contributed by atoms with Gasteiger partial charge in [-0.05, 0) is 49.4 Å². The Bertz CT molecular complexity index is 1530. The lowest BCUT2D eigenvalue weighted by atomic mass is 10.1. The highest BCUT2D eigenvalue weighted by Crippen LogP contribution is 2.35. The zero-order chi connectivity index (χ0) is 28.1. The van der Waals surface area contributed by atoms with Crippen LogP contribution in [0.1, 0.15) is 11.3 Å². The van der Waals surface area contributed by atoms with Crippen LogP contribution in [-0.4, -0.2) is 44.6 Å². The topological polar surface area (TPSA) is 86.8 Å². The largest absolute Gasteiger partial charge is 0.487 e. The molecular formula is C29H31Cl4N5O3. The Balaban J connectivity index is 0.00000294. The molecule has 4 aromatic rings. The molecule has 1 heterocycles. The first-order chi connectivity index (χ1) is 18.6. The first kappa shape index (κ1) is 33.8. The summed E-state index contributed by atoms with van der Waals surface area (Å²) in [5.41, 5.74) is 4.14. The molecule has 0 atom stereocenters. The number of aromatic nitrogens is 1. The third kappa shape index (κ3) is 8.30. The van der Waals surface area contributed by atoms with Crippen LogP contribution in [0.2, 0.25) is 10.0 Å². The second-order valence-electron chi connectivity index (χ2n) is 9.13. The number of hydrogen-bond donors (Lipinski definition) is 2. The van der Waals surface area contributed by atoms with Gasteiger partial charge in [0.25, 0.3) is 0 Å². The molecule has 3 amide bonds. The van der Waals surface area contributed by atoms with Gasteiger partial charge < -0.3 is 25.2 Å². The number of carbonyl (C=O) groups excluding carboxylic acids is 2. The number of ether oxygens (including phenoxy) is 1. The lowest BCUT2D eigenvalue weighted by Crippen LogP contribution is -2.40. The molecule has 0 spiro atoms. The summed E-state index contributed by atoms with van der Waals surface area (Å²) in [6.07, 6.45) is 0. The smallest absolute Gasteiger partial charge is 0.319 e. The standard InChI is InChI=1S/C29H29Cl2N5O3.2ClH/c1-18-11-12-19-7-5-10-25(28(19)33-18)39-17-22-23(30)13-14-24(27(22)31)36(4)26(37)16-32-29(38)34-20-8-6-9-21(15-20)35(2)3;;/h5-15H,16-17H2,1-4H3,(H2,32,34,38);2*1H. The van der Waals surface area contributed by atoms with Gasteiger partial charge in [0, 0.05) is 54.2 Å². The summed E-state index contributed by atoms with van der Waals surface area (Å²) in [6.45, 7) is 1.76. The number of nitrogens with zero attached hydrogens (tertiary/aromatic N) is 3. The molecule has 4 rings (SSSR count). The second-order valence-corrected chi connectivity index (χ2v) is 9.92. The number of benzene rings is 3.